The number of halogens is 1. The van der Waals surface area contributed by atoms with E-state index in [1.807, 2.05) is 0 Å². The number of amides is 1. The second-order valence-electron chi connectivity index (χ2n) is 19.9. The molecule has 7 nitrogen and oxygen atoms in total. The zero-order valence-corrected chi connectivity index (χ0v) is 34.2. The van der Waals surface area contributed by atoms with Gasteiger partial charge in [0.15, 0.2) is 9.84 Å². The minimum Gasteiger partial charge on any atom is -0.478 e. The normalized spacial score (nSPS) is 40.3. The van der Waals surface area contributed by atoms with Crippen molar-refractivity contribution in [3.05, 3.63) is 41.2 Å². The number of nitrogens with zero attached hydrogens (tertiary/aromatic N) is 1. The van der Waals surface area contributed by atoms with Gasteiger partial charge in [0.05, 0.1) is 22.5 Å². The Labute approximate surface area is 318 Å². The highest BCUT2D eigenvalue weighted by Gasteiger charge is 2.71. The van der Waals surface area contributed by atoms with Crippen LogP contribution in [0.1, 0.15) is 129 Å². The number of benzene rings is 1. The summed E-state index contributed by atoms with van der Waals surface area (Å²) in [4.78, 5) is 28.3. The number of hydrogen-bond acceptors (Lipinski definition) is 5. The topological polar surface area (TPSA) is 104 Å². The lowest BCUT2D eigenvalue weighted by atomic mass is 9.32. The maximum Gasteiger partial charge on any atom is 0.335 e. The first kappa shape index (κ1) is 39.0. The molecule has 2 N–H and O–H groups in total. The van der Waals surface area contributed by atoms with Crippen LogP contribution in [0.2, 0.25) is 0 Å². The van der Waals surface area contributed by atoms with Crippen molar-refractivity contribution in [2.45, 2.75) is 113 Å². The average Bonchev–Trinajstić information content (AvgIpc) is 3.49. The summed E-state index contributed by atoms with van der Waals surface area (Å²) in [5, 5.41) is 12.9. The molecule has 1 aliphatic heterocycles. The number of fused-ring (bicyclic) bond motifs is 7. The van der Waals surface area contributed by atoms with Gasteiger partial charge in [-0.25, -0.2) is 17.6 Å². The molecule has 7 rings (SSSR count). The van der Waals surface area contributed by atoms with Gasteiger partial charge in [-0.1, -0.05) is 60.6 Å². The monoisotopic (exact) mass is 752 g/mol. The summed E-state index contributed by atoms with van der Waals surface area (Å²) in [6.45, 7) is 19.7. The molecular weight excluding hydrogens is 688 g/mol. The molecule has 5 aliphatic carbocycles. The van der Waals surface area contributed by atoms with Gasteiger partial charge in [0.25, 0.3) is 0 Å². The molecule has 0 radical (unpaired) electrons. The zero-order valence-electron chi connectivity index (χ0n) is 33.4. The van der Waals surface area contributed by atoms with Crippen LogP contribution in [0, 0.1) is 68.4 Å². The highest BCUT2D eigenvalue weighted by molar-refractivity contribution is 7.91. The summed E-state index contributed by atoms with van der Waals surface area (Å²) in [5.74, 6) is 2.02. The quantitative estimate of drug-likeness (QED) is 0.258. The van der Waals surface area contributed by atoms with Gasteiger partial charge in [-0.15, -0.1) is 0 Å². The molecule has 1 aromatic rings. The van der Waals surface area contributed by atoms with Crippen molar-refractivity contribution >= 4 is 27.3 Å². The molecule has 5 fully saturated rings. The van der Waals surface area contributed by atoms with E-state index < -0.39 is 21.6 Å². The zero-order chi connectivity index (χ0) is 38.4. The van der Waals surface area contributed by atoms with Gasteiger partial charge >= 0.3 is 5.97 Å². The summed E-state index contributed by atoms with van der Waals surface area (Å²) in [7, 11) is -2.90. The number of carboxylic acids is 1. The number of allylic oxidation sites excluding steroid dienone is 2. The molecule has 1 amide bonds. The predicted octanol–water partition coefficient (Wildman–Crippen LogP) is 8.49. The lowest BCUT2D eigenvalue weighted by Crippen LogP contribution is -2.66. The number of nitrogens with one attached hydrogen (secondary N) is 1. The second-order valence-corrected chi connectivity index (χ2v) is 22.2. The lowest BCUT2D eigenvalue weighted by molar-refractivity contribution is -0.227. The fourth-order valence-corrected chi connectivity index (χ4v) is 15.6. The summed E-state index contributed by atoms with van der Waals surface area (Å²) in [6.07, 6.45) is 12.7. The molecule has 0 bridgehead atoms. The number of carboxylic acid groups (broad SMARTS) is 1. The van der Waals surface area contributed by atoms with Crippen LogP contribution in [0.15, 0.2) is 24.3 Å². The number of carbonyl (C=O) groups is 2. The molecule has 0 spiro atoms. The fraction of sp³-hybridized carbons (Fsp3) is 0.773. The first-order chi connectivity index (χ1) is 24.8. The van der Waals surface area contributed by atoms with Crippen LogP contribution >= 0.6 is 0 Å². The van der Waals surface area contributed by atoms with Crippen LogP contribution in [0.25, 0.3) is 5.57 Å². The summed E-state index contributed by atoms with van der Waals surface area (Å²) >= 11 is 0. The molecule has 4 saturated carbocycles. The maximum atomic E-state index is 15.5. The minimum atomic E-state index is -2.90. The van der Waals surface area contributed by atoms with E-state index in [-0.39, 0.29) is 50.1 Å². The van der Waals surface area contributed by atoms with E-state index in [0.717, 1.165) is 76.3 Å². The summed E-state index contributed by atoms with van der Waals surface area (Å²) in [5.41, 5.74) is 1.27. The van der Waals surface area contributed by atoms with E-state index in [1.165, 1.54) is 12.1 Å². The van der Waals surface area contributed by atoms with E-state index >= 15 is 4.39 Å². The number of hydrogen-bond donors (Lipinski definition) is 2. The van der Waals surface area contributed by atoms with Gasteiger partial charge < -0.3 is 15.3 Å². The predicted molar refractivity (Wildman–Crippen MR) is 208 cm³/mol. The van der Waals surface area contributed by atoms with Crippen LogP contribution in [0.4, 0.5) is 4.39 Å². The molecule has 1 heterocycles. The Hall–Kier alpha value is -2.26. The van der Waals surface area contributed by atoms with E-state index in [9.17, 15) is 23.1 Å². The lowest BCUT2D eigenvalue weighted by Gasteiger charge is -2.72. The maximum absolute atomic E-state index is 15.5. The number of sulfone groups is 1. The number of carbonyl (C=O) groups excluding carboxylic acids is 1. The van der Waals surface area contributed by atoms with Gasteiger partial charge in [0.2, 0.25) is 5.91 Å². The van der Waals surface area contributed by atoms with Crippen molar-refractivity contribution in [1.82, 2.24) is 10.2 Å². The smallest absolute Gasteiger partial charge is 0.335 e. The van der Waals surface area contributed by atoms with Crippen LogP contribution in [-0.2, 0) is 14.6 Å². The number of aromatic carboxylic acids is 1. The largest absolute Gasteiger partial charge is 0.478 e. The molecular formula is C44H65FN2O5S. The highest BCUT2D eigenvalue weighted by atomic mass is 32.2. The standard InChI is InChI=1S/C44H65FN2O5S/c1-28(2)30-13-18-44(39(50)46-21-8-22-47-23-25-53(51,52)26-24-47)20-19-42(6)33(37(30)44)11-12-36-41(5)16-14-32(31-10-9-29(38(48)49)27-34(31)45)40(3,4)35(41)15-17-43(36,42)7/h9-10,14,27-28,30,33,35-37H,8,11-13,15-26H2,1-7H3,(H,46,50)(H,48,49)/t30-,33+,35-,36+,37+,41-,42+,43+,44-/m0/s1. The molecule has 0 aromatic heterocycles. The number of rotatable bonds is 8. The third kappa shape index (κ3) is 6.06. The Morgan fingerprint density at radius 2 is 1.66 bits per heavy atom. The first-order valence-electron chi connectivity index (χ1n) is 20.8. The van der Waals surface area contributed by atoms with Crippen molar-refractivity contribution in [2.75, 3.05) is 37.7 Å². The van der Waals surface area contributed by atoms with Crippen LogP contribution in [0.5, 0.6) is 0 Å². The molecule has 1 aromatic carbocycles. The summed E-state index contributed by atoms with van der Waals surface area (Å²) in [6, 6.07) is 4.38. The first-order valence-corrected chi connectivity index (χ1v) is 22.6. The Bertz CT molecular complexity index is 1760. The molecule has 9 heteroatoms. The second kappa shape index (κ2) is 13.4. The SMILES string of the molecule is CC(C)[C@@H]1CC[C@]2(C(=O)NCCCN3CCS(=O)(=O)CC3)CC[C@]3(C)[C@H](CC[C@@H]4[C@@]5(C)CC=C(c6ccc(C(=O)O)cc6F)C(C)(C)[C@@H]5CC[C@]43C)[C@@H]12. The van der Waals surface area contributed by atoms with Gasteiger partial charge in [-0.3, -0.25) is 4.79 Å². The van der Waals surface area contributed by atoms with Crippen LogP contribution in [0.3, 0.4) is 0 Å². The third-order valence-corrected chi connectivity index (χ3v) is 18.9. The Morgan fingerprint density at radius 1 is 0.943 bits per heavy atom. The molecule has 0 unspecified atom stereocenters. The molecule has 53 heavy (non-hydrogen) atoms. The van der Waals surface area contributed by atoms with E-state index in [1.54, 1.807) is 6.07 Å². The van der Waals surface area contributed by atoms with Crippen molar-refractivity contribution in [2.24, 2.45) is 62.6 Å². The van der Waals surface area contributed by atoms with Crippen molar-refractivity contribution in [3.8, 4) is 0 Å². The van der Waals surface area contributed by atoms with Crippen LogP contribution < -0.4 is 5.32 Å². The van der Waals surface area contributed by atoms with Gasteiger partial charge in [-0.05, 0) is 146 Å². The Balaban J connectivity index is 1.12. The van der Waals surface area contributed by atoms with Gasteiger partial charge in [-0.2, -0.15) is 0 Å². The van der Waals surface area contributed by atoms with Crippen molar-refractivity contribution in [3.63, 3.8) is 0 Å². The molecule has 1 saturated heterocycles. The van der Waals surface area contributed by atoms with Crippen molar-refractivity contribution < 1.29 is 27.5 Å². The van der Waals surface area contributed by atoms with Gasteiger partial charge in [0.1, 0.15) is 5.82 Å². The van der Waals surface area contributed by atoms with E-state index in [4.69, 9.17) is 0 Å². The molecule has 9 atom stereocenters. The van der Waals surface area contributed by atoms with E-state index in [2.05, 4.69) is 64.8 Å². The fourth-order valence-electron chi connectivity index (χ4n) is 14.4. The highest BCUT2D eigenvalue weighted by Crippen LogP contribution is 2.77. The Morgan fingerprint density at radius 3 is 2.32 bits per heavy atom. The molecule has 6 aliphatic rings. The Kier molecular flexibility index (Phi) is 9.89. The van der Waals surface area contributed by atoms with Crippen LogP contribution in [-0.4, -0.2) is 68.0 Å². The average molecular weight is 753 g/mol. The molecule has 294 valence electrons. The third-order valence-electron chi connectivity index (χ3n) is 17.2. The van der Waals surface area contributed by atoms with Crippen molar-refractivity contribution in [1.29, 1.82) is 0 Å². The summed E-state index contributed by atoms with van der Waals surface area (Å²) < 4.78 is 39.3. The van der Waals surface area contributed by atoms with Gasteiger partial charge in [0, 0.05) is 25.2 Å². The minimum absolute atomic E-state index is 0.0197. The van der Waals surface area contributed by atoms with E-state index in [0.29, 0.717) is 60.7 Å².